The van der Waals surface area contributed by atoms with Crippen molar-refractivity contribution < 1.29 is 10.0 Å². The van der Waals surface area contributed by atoms with Crippen molar-refractivity contribution in [3.05, 3.63) is 23.8 Å². The smallest absolute Gasteiger partial charge is 0.423 e. The average molecular weight is 207 g/mol. The first kappa shape index (κ1) is 9.52. The number of thiophene rings is 1. The van der Waals surface area contributed by atoms with E-state index in [0.29, 0.717) is 10.5 Å². The minimum absolute atomic E-state index is 0.559. The van der Waals surface area contributed by atoms with E-state index in [4.69, 9.17) is 5.73 Å². The second-order valence-corrected chi connectivity index (χ2v) is 4.32. The van der Waals surface area contributed by atoms with Crippen molar-refractivity contribution in [2.24, 2.45) is 0 Å². The molecule has 0 aliphatic heterocycles. The van der Waals surface area contributed by atoms with Crippen LogP contribution in [-0.2, 0) is 0 Å². The molecule has 0 bridgehead atoms. The molecule has 1 aromatic carbocycles. The van der Waals surface area contributed by atoms with Crippen LogP contribution in [0.4, 0.5) is 5.00 Å². The molecule has 0 atom stereocenters. The lowest BCUT2D eigenvalue weighted by atomic mass is 9.77. The van der Waals surface area contributed by atoms with Crippen LogP contribution in [0.3, 0.4) is 0 Å². The predicted molar refractivity (Wildman–Crippen MR) is 60.8 cm³/mol. The lowest BCUT2D eigenvalue weighted by Gasteiger charge is -2.05. The van der Waals surface area contributed by atoms with E-state index >= 15 is 0 Å². The van der Waals surface area contributed by atoms with E-state index in [1.165, 1.54) is 11.3 Å². The Morgan fingerprint density at radius 3 is 2.71 bits per heavy atom. The van der Waals surface area contributed by atoms with Gasteiger partial charge in [0.2, 0.25) is 0 Å². The first-order chi connectivity index (χ1) is 6.59. The number of fused-ring (bicyclic) bond motifs is 1. The first-order valence-corrected chi connectivity index (χ1v) is 5.06. The summed E-state index contributed by atoms with van der Waals surface area (Å²) in [6, 6.07) is 5.64. The minimum Gasteiger partial charge on any atom is -0.423 e. The quantitative estimate of drug-likeness (QED) is 0.595. The van der Waals surface area contributed by atoms with Gasteiger partial charge in [-0.1, -0.05) is 12.1 Å². The molecule has 0 radical (unpaired) electrons. The van der Waals surface area contributed by atoms with Crippen LogP contribution in [0.5, 0.6) is 0 Å². The van der Waals surface area contributed by atoms with Crippen LogP contribution < -0.4 is 11.2 Å². The third-order valence-corrected chi connectivity index (χ3v) is 3.23. The molecule has 2 aromatic rings. The second kappa shape index (κ2) is 3.27. The molecule has 2 rings (SSSR count). The summed E-state index contributed by atoms with van der Waals surface area (Å²) in [6.45, 7) is 1.85. The fourth-order valence-corrected chi connectivity index (χ4v) is 2.61. The van der Waals surface area contributed by atoms with Gasteiger partial charge in [0.25, 0.3) is 0 Å². The summed E-state index contributed by atoms with van der Waals surface area (Å²) in [7, 11) is -1.43. The van der Waals surface area contributed by atoms with Gasteiger partial charge in [0.15, 0.2) is 0 Å². The van der Waals surface area contributed by atoms with Gasteiger partial charge in [-0.25, -0.2) is 0 Å². The van der Waals surface area contributed by atoms with E-state index in [1.807, 2.05) is 25.1 Å². The van der Waals surface area contributed by atoms with Crippen molar-refractivity contribution >= 4 is 39.0 Å². The van der Waals surface area contributed by atoms with Crippen LogP contribution in [0.15, 0.2) is 18.2 Å². The molecule has 0 unspecified atom stereocenters. The molecule has 0 amide bonds. The highest BCUT2D eigenvalue weighted by Gasteiger charge is 2.18. The zero-order valence-corrected chi connectivity index (χ0v) is 8.51. The van der Waals surface area contributed by atoms with Gasteiger partial charge in [0.05, 0.1) is 5.00 Å². The van der Waals surface area contributed by atoms with Gasteiger partial charge in [-0.3, -0.25) is 0 Å². The van der Waals surface area contributed by atoms with Crippen molar-refractivity contribution in [3.8, 4) is 0 Å². The van der Waals surface area contributed by atoms with Gasteiger partial charge in [-0.15, -0.1) is 11.3 Å². The number of nitrogens with two attached hydrogens (primary N) is 1. The van der Waals surface area contributed by atoms with E-state index in [-0.39, 0.29) is 0 Å². The van der Waals surface area contributed by atoms with Gasteiger partial charge in [0, 0.05) is 10.2 Å². The molecule has 1 aromatic heterocycles. The van der Waals surface area contributed by atoms with E-state index in [9.17, 15) is 10.0 Å². The van der Waals surface area contributed by atoms with E-state index in [0.717, 1.165) is 15.6 Å². The standard InChI is InChI=1S/C9H10BNO2S/c1-5-2-3-6-4-7(11)14-9(6)8(5)10(12)13/h2-4,12-13H,11H2,1H3. The lowest BCUT2D eigenvalue weighted by molar-refractivity contribution is 0.426. The molecular formula is C9H10BNO2S. The van der Waals surface area contributed by atoms with Crippen LogP contribution in [0, 0.1) is 6.92 Å². The maximum absolute atomic E-state index is 9.23. The van der Waals surface area contributed by atoms with Gasteiger partial charge in [-0.05, 0) is 23.9 Å². The normalized spacial score (nSPS) is 10.8. The fraction of sp³-hybridized carbons (Fsp3) is 0.111. The summed E-state index contributed by atoms with van der Waals surface area (Å²) in [5.41, 5.74) is 7.09. The largest absolute Gasteiger partial charge is 0.490 e. The maximum Gasteiger partial charge on any atom is 0.490 e. The number of hydrogen-bond donors (Lipinski definition) is 3. The molecule has 4 N–H and O–H groups in total. The molecule has 0 aliphatic carbocycles. The Morgan fingerprint density at radius 1 is 1.36 bits per heavy atom. The van der Waals surface area contributed by atoms with Crippen LogP contribution in [0.1, 0.15) is 5.56 Å². The Bertz CT molecular complexity index is 481. The van der Waals surface area contributed by atoms with Crippen LogP contribution >= 0.6 is 11.3 Å². The topological polar surface area (TPSA) is 66.5 Å². The molecule has 0 fully saturated rings. The molecule has 0 aliphatic rings. The second-order valence-electron chi connectivity index (χ2n) is 3.24. The lowest BCUT2D eigenvalue weighted by Crippen LogP contribution is -2.32. The molecule has 5 heteroatoms. The molecule has 0 saturated heterocycles. The minimum atomic E-state index is -1.43. The average Bonchev–Trinajstić information content (AvgIpc) is 2.43. The number of nitrogen functional groups attached to an aromatic ring is 1. The number of aryl methyl sites for hydroxylation is 1. The number of hydrogen-bond acceptors (Lipinski definition) is 4. The Balaban J connectivity index is 2.82. The number of benzene rings is 1. The highest BCUT2D eigenvalue weighted by Crippen LogP contribution is 2.26. The Labute approximate surface area is 85.9 Å². The Hall–Kier alpha value is -1.04. The van der Waals surface area contributed by atoms with Gasteiger partial charge in [0.1, 0.15) is 0 Å². The maximum atomic E-state index is 9.23. The summed E-state index contributed by atoms with van der Waals surface area (Å²) in [4.78, 5) is 0. The van der Waals surface area contributed by atoms with E-state index in [1.54, 1.807) is 0 Å². The van der Waals surface area contributed by atoms with Crippen LogP contribution in [0.2, 0.25) is 0 Å². The summed E-state index contributed by atoms with van der Waals surface area (Å²) in [6.07, 6.45) is 0. The van der Waals surface area contributed by atoms with E-state index in [2.05, 4.69) is 0 Å². The highest BCUT2D eigenvalue weighted by atomic mass is 32.1. The van der Waals surface area contributed by atoms with E-state index < -0.39 is 7.12 Å². The summed E-state index contributed by atoms with van der Waals surface area (Å²) < 4.78 is 0.859. The van der Waals surface area contributed by atoms with Gasteiger partial charge >= 0.3 is 7.12 Å². The van der Waals surface area contributed by atoms with Crippen molar-refractivity contribution in [2.75, 3.05) is 5.73 Å². The molecule has 3 nitrogen and oxygen atoms in total. The highest BCUT2D eigenvalue weighted by molar-refractivity contribution is 7.24. The predicted octanol–water partition coefficient (Wildman–Crippen LogP) is 0.472. The van der Waals surface area contributed by atoms with Gasteiger partial charge < -0.3 is 15.8 Å². The summed E-state index contributed by atoms with van der Waals surface area (Å²) >= 11 is 1.38. The fourth-order valence-electron chi connectivity index (χ4n) is 1.56. The zero-order chi connectivity index (χ0) is 10.3. The van der Waals surface area contributed by atoms with Crippen molar-refractivity contribution in [1.29, 1.82) is 0 Å². The molecular weight excluding hydrogens is 197 g/mol. The third kappa shape index (κ3) is 1.39. The SMILES string of the molecule is Cc1ccc2cc(N)sc2c1B(O)O. The number of anilines is 1. The molecule has 72 valence electrons. The van der Waals surface area contributed by atoms with Crippen LogP contribution in [0.25, 0.3) is 10.1 Å². The molecule has 1 heterocycles. The summed E-state index contributed by atoms with van der Waals surface area (Å²) in [5, 5.41) is 20.1. The first-order valence-electron chi connectivity index (χ1n) is 4.24. The molecule has 14 heavy (non-hydrogen) atoms. The monoisotopic (exact) mass is 207 g/mol. The zero-order valence-electron chi connectivity index (χ0n) is 7.69. The third-order valence-electron chi connectivity index (χ3n) is 2.22. The molecule has 0 spiro atoms. The van der Waals surface area contributed by atoms with Crippen molar-refractivity contribution in [1.82, 2.24) is 0 Å². The van der Waals surface area contributed by atoms with Crippen molar-refractivity contribution in [2.45, 2.75) is 6.92 Å². The van der Waals surface area contributed by atoms with Crippen LogP contribution in [-0.4, -0.2) is 17.2 Å². The van der Waals surface area contributed by atoms with Crippen molar-refractivity contribution in [3.63, 3.8) is 0 Å². The Kier molecular flexibility index (Phi) is 2.22. The molecule has 0 saturated carbocycles. The van der Waals surface area contributed by atoms with Gasteiger partial charge in [-0.2, -0.15) is 0 Å². The Morgan fingerprint density at radius 2 is 2.07 bits per heavy atom. The summed E-state index contributed by atoms with van der Waals surface area (Å²) in [5.74, 6) is 0. The number of rotatable bonds is 1.